The van der Waals surface area contributed by atoms with Gasteiger partial charge in [0, 0.05) is 23.6 Å². The number of rotatable bonds is 7. The van der Waals surface area contributed by atoms with Crippen LogP contribution in [0.15, 0.2) is 61.4 Å². The van der Waals surface area contributed by atoms with Gasteiger partial charge in [-0.1, -0.05) is 31.5 Å². The van der Waals surface area contributed by atoms with E-state index in [0.717, 1.165) is 22.6 Å². The Kier molecular flexibility index (Phi) is 6.81. The molecule has 5 heterocycles. The monoisotopic (exact) mass is 502 g/mol. The van der Waals surface area contributed by atoms with Crippen LogP contribution >= 0.6 is 11.6 Å². The van der Waals surface area contributed by atoms with Crippen LogP contribution in [0, 0.1) is 0 Å². The molecule has 0 aliphatic heterocycles. The Labute approximate surface area is 213 Å². The van der Waals surface area contributed by atoms with E-state index in [1.54, 1.807) is 18.5 Å². The maximum absolute atomic E-state index is 12.7. The standard InChI is InChI=1S/C24H21ClN8O.C2H6/c25-18-5-6-32-14-28-20(21(32)8-18)11-27-24(34)17-7-22(31-29-9-17)26-10-19-13-33-12-16(15-1-2-15)3-4-23(33)30-19;1-2/h3-9,12-15H,1-2,10-11H2,(H,26,31)(H,27,34);1-2H3. The molecule has 1 aliphatic carbocycles. The lowest BCUT2D eigenvalue weighted by molar-refractivity contribution is 0.0950. The van der Waals surface area contributed by atoms with Crippen molar-refractivity contribution in [3.05, 3.63) is 89.0 Å². The number of carbonyl (C=O) groups is 1. The summed E-state index contributed by atoms with van der Waals surface area (Å²) >= 11 is 6.09. The van der Waals surface area contributed by atoms with Gasteiger partial charge in [0.15, 0.2) is 0 Å². The summed E-state index contributed by atoms with van der Waals surface area (Å²) in [4.78, 5) is 21.7. The van der Waals surface area contributed by atoms with Gasteiger partial charge in [0.05, 0.1) is 48.1 Å². The number of halogens is 1. The summed E-state index contributed by atoms with van der Waals surface area (Å²) in [5.74, 6) is 0.937. The zero-order chi connectivity index (χ0) is 25.1. The van der Waals surface area contributed by atoms with Crippen molar-refractivity contribution in [3.8, 4) is 0 Å². The normalized spacial score (nSPS) is 12.9. The number of amides is 1. The fourth-order valence-electron chi connectivity index (χ4n) is 3.98. The van der Waals surface area contributed by atoms with Crippen LogP contribution in [0.4, 0.5) is 5.82 Å². The number of carbonyl (C=O) groups excluding carboxylic acids is 1. The number of hydrogen-bond acceptors (Lipinski definition) is 6. The maximum Gasteiger partial charge on any atom is 0.253 e. The second-order valence-electron chi connectivity index (χ2n) is 8.43. The Morgan fingerprint density at radius 1 is 1.11 bits per heavy atom. The molecule has 184 valence electrons. The fraction of sp³-hybridized carbons (Fsp3) is 0.269. The zero-order valence-electron chi connectivity index (χ0n) is 20.1. The molecular formula is C26H27ClN8O. The van der Waals surface area contributed by atoms with Gasteiger partial charge in [0.1, 0.15) is 11.5 Å². The fourth-order valence-corrected chi connectivity index (χ4v) is 4.14. The Morgan fingerprint density at radius 3 is 2.81 bits per heavy atom. The third-order valence-electron chi connectivity index (χ3n) is 5.94. The van der Waals surface area contributed by atoms with Gasteiger partial charge in [-0.25, -0.2) is 9.97 Å². The van der Waals surface area contributed by atoms with Gasteiger partial charge in [-0.2, -0.15) is 5.10 Å². The van der Waals surface area contributed by atoms with Crippen LogP contribution in [-0.2, 0) is 13.1 Å². The largest absolute Gasteiger partial charge is 0.363 e. The summed E-state index contributed by atoms with van der Waals surface area (Å²) in [7, 11) is 0. The molecule has 1 aliphatic rings. The minimum absolute atomic E-state index is 0.263. The van der Waals surface area contributed by atoms with E-state index in [-0.39, 0.29) is 12.5 Å². The van der Waals surface area contributed by atoms with Crippen molar-refractivity contribution in [3.63, 3.8) is 0 Å². The second kappa shape index (κ2) is 10.3. The molecule has 5 aromatic rings. The minimum Gasteiger partial charge on any atom is -0.363 e. The second-order valence-corrected chi connectivity index (χ2v) is 8.87. The maximum atomic E-state index is 12.7. The molecule has 0 atom stereocenters. The predicted octanol–water partition coefficient (Wildman–Crippen LogP) is 4.87. The highest BCUT2D eigenvalue weighted by molar-refractivity contribution is 6.30. The van der Waals surface area contributed by atoms with E-state index in [2.05, 4.69) is 53.5 Å². The minimum atomic E-state index is -0.263. The van der Waals surface area contributed by atoms with E-state index >= 15 is 0 Å². The Morgan fingerprint density at radius 2 is 1.97 bits per heavy atom. The van der Waals surface area contributed by atoms with E-state index in [1.165, 1.54) is 24.6 Å². The van der Waals surface area contributed by atoms with Crippen molar-refractivity contribution in [2.24, 2.45) is 0 Å². The topological polar surface area (TPSA) is 102 Å². The van der Waals surface area contributed by atoms with Gasteiger partial charge in [0.2, 0.25) is 0 Å². The van der Waals surface area contributed by atoms with Crippen LogP contribution in [0.1, 0.15) is 59.9 Å². The molecule has 0 unspecified atom stereocenters. The average molecular weight is 503 g/mol. The highest BCUT2D eigenvalue weighted by Crippen LogP contribution is 2.39. The number of nitrogens with one attached hydrogen (secondary N) is 2. The molecule has 2 N–H and O–H groups in total. The molecule has 0 spiro atoms. The van der Waals surface area contributed by atoms with E-state index in [1.807, 2.05) is 36.7 Å². The Bertz CT molecular complexity index is 1520. The molecule has 1 amide bonds. The van der Waals surface area contributed by atoms with Crippen molar-refractivity contribution in [2.75, 3.05) is 5.32 Å². The smallest absolute Gasteiger partial charge is 0.253 e. The number of pyridine rings is 2. The van der Waals surface area contributed by atoms with Crippen LogP contribution < -0.4 is 10.6 Å². The van der Waals surface area contributed by atoms with Crippen LogP contribution in [0.25, 0.3) is 11.2 Å². The van der Waals surface area contributed by atoms with Crippen molar-refractivity contribution in [2.45, 2.75) is 45.7 Å². The molecule has 1 fully saturated rings. The lowest BCUT2D eigenvalue weighted by Gasteiger charge is -2.06. The first-order chi connectivity index (χ1) is 17.6. The molecule has 6 rings (SSSR count). The van der Waals surface area contributed by atoms with Crippen molar-refractivity contribution in [1.29, 1.82) is 0 Å². The number of hydrogen-bond donors (Lipinski definition) is 2. The average Bonchev–Trinajstić information content (AvgIpc) is 3.56. The first-order valence-corrected chi connectivity index (χ1v) is 12.4. The summed E-state index contributed by atoms with van der Waals surface area (Å²) in [6.45, 7) is 4.74. The lowest BCUT2D eigenvalue weighted by atomic mass is 10.2. The van der Waals surface area contributed by atoms with E-state index < -0.39 is 0 Å². The third kappa shape index (κ3) is 5.16. The Hall–Kier alpha value is -3.98. The number of aromatic nitrogens is 6. The van der Waals surface area contributed by atoms with Gasteiger partial charge in [-0.15, -0.1) is 5.10 Å². The lowest BCUT2D eigenvalue weighted by Crippen LogP contribution is -2.23. The number of fused-ring (bicyclic) bond motifs is 2. The number of nitrogens with zero attached hydrogens (tertiary/aromatic N) is 6. The first kappa shape index (κ1) is 23.7. The molecule has 9 nitrogen and oxygen atoms in total. The van der Waals surface area contributed by atoms with Crippen LogP contribution in [0.2, 0.25) is 5.02 Å². The summed E-state index contributed by atoms with van der Waals surface area (Å²) in [6.07, 6.45) is 11.7. The highest BCUT2D eigenvalue weighted by Gasteiger charge is 2.23. The van der Waals surface area contributed by atoms with Crippen LogP contribution in [0.3, 0.4) is 0 Å². The van der Waals surface area contributed by atoms with Crippen molar-refractivity contribution >= 4 is 34.5 Å². The predicted molar refractivity (Wildman–Crippen MR) is 139 cm³/mol. The highest BCUT2D eigenvalue weighted by atomic mass is 35.5. The quantitative estimate of drug-likeness (QED) is 0.329. The zero-order valence-corrected chi connectivity index (χ0v) is 20.9. The van der Waals surface area contributed by atoms with Crippen LogP contribution in [-0.4, -0.2) is 34.9 Å². The number of anilines is 1. The number of imidazole rings is 2. The summed E-state index contributed by atoms with van der Waals surface area (Å²) < 4.78 is 3.92. The summed E-state index contributed by atoms with van der Waals surface area (Å²) in [5.41, 5.74) is 5.14. The van der Waals surface area contributed by atoms with Gasteiger partial charge in [-0.05, 0) is 48.6 Å². The molecule has 5 aromatic heterocycles. The SMILES string of the molecule is CC.O=C(NCc1ncn2ccc(Cl)cc12)c1cnnc(NCc2cn3cc(C4CC4)ccc3n2)c1. The van der Waals surface area contributed by atoms with E-state index in [0.29, 0.717) is 28.9 Å². The van der Waals surface area contributed by atoms with E-state index in [9.17, 15) is 4.79 Å². The molecule has 1 saturated carbocycles. The van der Waals surface area contributed by atoms with Crippen molar-refractivity contribution < 1.29 is 4.79 Å². The van der Waals surface area contributed by atoms with Gasteiger partial charge >= 0.3 is 0 Å². The molecule has 0 radical (unpaired) electrons. The van der Waals surface area contributed by atoms with Crippen molar-refractivity contribution in [1.82, 2.24) is 34.3 Å². The van der Waals surface area contributed by atoms with Gasteiger partial charge in [-0.3, -0.25) is 4.79 Å². The molecule has 10 heteroatoms. The Balaban J connectivity index is 0.00000130. The van der Waals surface area contributed by atoms with Gasteiger partial charge in [0.25, 0.3) is 5.91 Å². The molecule has 36 heavy (non-hydrogen) atoms. The molecule has 0 aromatic carbocycles. The molecule has 0 saturated heterocycles. The van der Waals surface area contributed by atoms with E-state index in [4.69, 9.17) is 11.6 Å². The molecular weight excluding hydrogens is 476 g/mol. The molecule has 0 bridgehead atoms. The summed E-state index contributed by atoms with van der Waals surface area (Å²) in [5, 5.41) is 14.8. The third-order valence-corrected chi connectivity index (χ3v) is 6.17. The van der Waals surface area contributed by atoms with Crippen LogP contribution in [0.5, 0.6) is 0 Å². The first-order valence-electron chi connectivity index (χ1n) is 12.1. The van der Waals surface area contributed by atoms with Gasteiger partial charge < -0.3 is 19.4 Å². The summed E-state index contributed by atoms with van der Waals surface area (Å²) in [6, 6.07) is 9.49.